The summed E-state index contributed by atoms with van der Waals surface area (Å²) in [6.45, 7) is 0.0951. The van der Waals surface area contributed by atoms with Gasteiger partial charge in [-0.25, -0.2) is 26.4 Å². The van der Waals surface area contributed by atoms with Gasteiger partial charge in [-0.3, -0.25) is 23.7 Å². The van der Waals surface area contributed by atoms with Crippen LogP contribution in [0.4, 0.5) is 9.59 Å². The number of nitrogens with two attached hydrogens (primary N) is 1. The van der Waals surface area contributed by atoms with E-state index in [4.69, 9.17) is 24.5 Å². The Morgan fingerprint density at radius 2 is 1.03 bits per heavy atom. The first kappa shape index (κ1) is 66.8. The second-order valence-corrected chi connectivity index (χ2v) is 20.7. The molecule has 6 N–H and O–H groups in total. The SMILES string of the molecule is N[C@@H](CS(=O)(=O)O)C(=O)CCCNC(=O)OCc1ccccc1.O=C(C[C@@H](CS(=O)(=O)[O-])C(=O)N[C@@H](CS(=O)(=O)[O-])C(=O)CCCNC(=O)OCc1ccccc1)OCC1c2ccccc2-c2ccccc21.[K+].[K+]. The number of carbonyl (C=O) groups is 6. The molecule has 0 unspecified atom stereocenters. The van der Waals surface area contributed by atoms with Crippen LogP contribution in [0.15, 0.2) is 109 Å². The van der Waals surface area contributed by atoms with Gasteiger partial charge in [0, 0.05) is 31.8 Å². The minimum Gasteiger partial charge on any atom is -0.748 e. The summed E-state index contributed by atoms with van der Waals surface area (Å²) in [7, 11) is -14.5. The number of esters is 1. The number of amides is 3. The number of hydrogen-bond donors (Lipinski definition) is 5. The minimum atomic E-state index is -5.10. The molecule has 4 aromatic rings. The topological polar surface area (TPSA) is 361 Å². The van der Waals surface area contributed by atoms with E-state index >= 15 is 0 Å². The molecule has 74 heavy (non-hydrogen) atoms. The quantitative estimate of drug-likeness (QED) is 0.0135. The van der Waals surface area contributed by atoms with Crippen molar-refractivity contribution in [1.82, 2.24) is 16.0 Å². The first-order valence-corrected chi connectivity index (χ1v) is 26.9. The number of fused-ring (bicyclic) bond motifs is 3. The fourth-order valence-corrected chi connectivity index (χ4v) is 9.27. The Morgan fingerprint density at radius 3 is 1.47 bits per heavy atom. The van der Waals surface area contributed by atoms with Gasteiger partial charge in [-0.1, -0.05) is 109 Å². The molecule has 390 valence electrons. The predicted octanol–water partition coefficient (Wildman–Crippen LogP) is -3.32. The van der Waals surface area contributed by atoms with Gasteiger partial charge in [0.25, 0.3) is 10.1 Å². The number of rotatable bonds is 26. The third-order valence-electron chi connectivity index (χ3n) is 10.6. The van der Waals surface area contributed by atoms with Crippen molar-refractivity contribution in [1.29, 1.82) is 0 Å². The van der Waals surface area contributed by atoms with Crippen LogP contribution in [0.3, 0.4) is 0 Å². The number of ketones is 2. The number of ether oxygens (including phenoxy) is 3. The van der Waals surface area contributed by atoms with Crippen molar-refractivity contribution in [3.05, 3.63) is 131 Å². The Kier molecular flexibility index (Phi) is 29.8. The first-order valence-electron chi connectivity index (χ1n) is 22.1. The van der Waals surface area contributed by atoms with Crippen LogP contribution < -0.4 is 124 Å². The average molecular weight is 1140 g/mol. The maximum atomic E-state index is 13.1. The van der Waals surface area contributed by atoms with Gasteiger partial charge in [0.2, 0.25) is 5.91 Å². The van der Waals surface area contributed by atoms with Gasteiger partial charge in [-0.15, -0.1) is 0 Å². The van der Waals surface area contributed by atoms with Crippen LogP contribution in [0, 0.1) is 5.92 Å². The molecule has 0 aromatic heterocycles. The van der Waals surface area contributed by atoms with Gasteiger partial charge in [0.05, 0.1) is 55.9 Å². The average Bonchev–Trinajstić information content (AvgIpc) is 3.64. The maximum absolute atomic E-state index is 13.1. The van der Waals surface area contributed by atoms with E-state index in [1.54, 1.807) is 30.3 Å². The Bertz CT molecular complexity index is 2800. The van der Waals surface area contributed by atoms with Crippen LogP contribution >= 0.6 is 0 Å². The zero-order chi connectivity index (χ0) is 52.9. The molecule has 0 radical (unpaired) electrons. The Hall–Kier alpha value is -3.34. The molecule has 0 spiro atoms. The molecule has 0 heterocycles. The molecule has 0 aliphatic heterocycles. The van der Waals surface area contributed by atoms with Crippen molar-refractivity contribution in [2.45, 2.75) is 63.3 Å². The van der Waals surface area contributed by atoms with Crippen molar-refractivity contribution in [3.8, 4) is 11.1 Å². The standard InChI is InChI=1S/C33H36N2O12S2.C14H20N2O6S.2K/c36-30(15-8-16-34-33(39)47-18-22-9-2-1-3-10-22)29(21-49(43,44)45)35-32(38)23(20-48(40,41)42)17-31(37)46-19-28-26-13-6-4-11-24(26)25-12-5-7-14-27(25)28;15-12(10-23(19,20)21)13(17)7-4-8-16-14(18)22-9-11-5-2-1-3-6-11;;/h1-7,9-14,23,28-29H,8,15-21H2,(H,34,39)(H,35,38)(H,40,41,42)(H,43,44,45);1-3,5-6,12H,4,7-10,15H2,(H,16,18)(H,19,20,21);;/q;;2*+1/p-2/t23-,29-;12-;;/m00../s1. The number of alkyl carbamates (subject to hydrolysis) is 2. The summed E-state index contributed by atoms with van der Waals surface area (Å²) < 4.78 is 115. The maximum Gasteiger partial charge on any atom is 1.00 e. The molecule has 1 aliphatic carbocycles. The number of nitrogens with one attached hydrogen (secondary N) is 3. The van der Waals surface area contributed by atoms with Crippen molar-refractivity contribution >= 4 is 66.0 Å². The van der Waals surface area contributed by atoms with Crippen LogP contribution in [0.1, 0.15) is 60.3 Å². The molecule has 1 aliphatic rings. The minimum absolute atomic E-state index is 0. The zero-order valence-electron chi connectivity index (χ0n) is 40.6. The first-order chi connectivity index (χ1) is 34.0. The summed E-state index contributed by atoms with van der Waals surface area (Å²) in [5, 5.41) is 6.91. The van der Waals surface area contributed by atoms with E-state index in [1.807, 2.05) is 84.2 Å². The largest absolute Gasteiger partial charge is 1.00 e. The van der Waals surface area contributed by atoms with Crippen molar-refractivity contribution in [3.63, 3.8) is 0 Å². The normalized spacial score (nSPS) is 13.0. The zero-order valence-corrected chi connectivity index (χ0v) is 49.3. The van der Waals surface area contributed by atoms with E-state index in [0.717, 1.165) is 33.4 Å². The van der Waals surface area contributed by atoms with Crippen LogP contribution in [0.25, 0.3) is 11.1 Å². The predicted molar refractivity (Wildman–Crippen MR) is 256 cm³/mol. The molecule has 0 saturated carbocycles. The van der Waals surface area contributed by atoms with E-state index in [9.17, 15) is 63.1 Å². The summed E-state index contributed by atoms with van der Waals surface area (Å²) in [6.07, 6.45) is -2.43. The summed E-state index contributed by atoms with van der Waals surface area (Å²) in [5.74, 6) is -9.49. The van der Waals surface area contributed by atoms with Crippen LogP contribution in [-0.2, 0) is 77.0 Å². The van der Waals surface area contributed by atoms with E-state index in [1.165, 1.54) is 0 Å². The molecular weight excluding hydrogens is 1080 g/mol. The van der Waals surface area contributed by atoms with Crippen LogP contribution in [-0.4, -0.2) is 124 Å². The summed E-state index contributed by atoms with van der Waals surface area (Å²) in [4.78, 5) is 73.7. The third-order valence-corrected chi connectivity index (χ3v) is 12.9. The van der Waals surface area contributed by atoms with Crippen molar-refractivity contribution in [2.75, 3.05) is 37.0 Å². The van der Waals surface area contributed by atoms with E-state index in [0.29, 0.717) is 6.42 Å². The van der Waals surface area contributed by atoms with Gasteiger partial charge < -0.3 is 45.0 Å². The molecule has 22 nitrogen and oxygen atoms in total. The Labute approximate surface area is 514 Å². The second kappa shape index (κ2) is 33.1. The number of hydrogen-bond acceptors (Lipinski definition) is 18. The van der Waals surface area contributed by atoms with Crippen molar-refractivity contribution in [2.24, 2.45) is 11.7 Å². The fourth-order valence-electron chi connectivity index (χ4n) is 7.19. The summed E-state index contributed by atoms with van der Waals surface area (Å²) in [5.41, 5.74) is 10.7. The molecule has 5 rings (SSSR count). The van der Waals surface area contributed by atoms with Crippen LogP contribution in [0.5, 0.6) is 0 Å². The Morgan fingerprint density at radius 1 is 0.595 bits per heavy atom. The molecule has 0 fully saturated rings. The molecule has 4 aromatic carbocycles. The monoisotopic (exact) mass is 1140 g/mol. The third kappa shape index (κ3) is 25.7. The van der Waals surface area contributed by atoms with E-state index < -0.39 is 114 Å². The number of carbonyl (C=O) groups excluding carboxylic acids is 6. The molecular formula is C47H54K2N4O18S3. The smallest absolute Gasteiger partial charge is 0.748 e. The van der Waals surface area contributed by atoms with E-state index in [-0.39, 0.29) is 154 Å². The number of benzene rings is 4. The Balaban J connectivity index is 0.000000633. The van der Waals surface area contributed by atoms with Gasteiger partial charge in [-0.2, -0.15) is 8.42 Å². The van der Waals surface area contributed by atoms with Gasteiger partial charge in [0.15, 0.2) is 11.6 Å². The fraction of sp³-hybridized carbons (Fsp3) is 0.362. The summed E-state index contributed by atoms with van der Waals surface area (Å²) in [6, 6.07) is 29.8. The molecule has 3 amide bonds. The molecule has 0 bridgehead atoms. The van der Waals surface area contributed by atoms with E-state index in [2.05, 4.69) is 10.6 Å². The molecule has 27 heteroatoms. The van der Waals surface area contributed by atoms with Crippen molar-refractivity contribution < 1.29 is 185 Å². The number of Topliss-reactive ketones (excluding diaryl/α,β-unsaturated/α-hetero) is 2. The van der Waals surface area contributed by atoms with Gasteiger partial charge >= 0.3 is 121 Å². The molecule has 0 saturated heterocycles. The summed E-state index contributed by atoms with van der Waals surface area (Å²) >= 11 is 0. The van der Waals surface area contributed by atoms with Gasteiger partial charge in [0.1, 0.15) is 25.9 Å². The van der Waals surface area contributed by atoms with Gasteiger partial charge in [-0.05, 0) is 46.2 Å². The second-order valence-electron chi connectivity index (χ2n) is 16.3. The molecule has 3 atom stereocenters. The van der Waals surface area contributed by atoms with Crippen LogP contribution in [0.2, 0.25) is 0 Å².